The lowest BCUT2D eigenvalue weighted by Gasteiger charge is -2.02. The standard InChI is InChI=1S/C8H10N2OS/c11-5-6-4-9-8(10-6)7-2-1-3-12-7/h4-5,7H,1-3H2,(H,9,10). The average Bonchev–Trinajstić information content (AvgIpc) is 2.75. The Labute approximate surface area is 75.0 Å². The summed E-state index contributed by atoms with van der Waals surface area (Å²) in [7, 11) is 0. The Kier molecular flexibility index (Phi) is 2.17. The Morgan fingerprint density at radius 3 is 3.25 bits per heavy atom. The molecule has 4 heteroatoms. The van der Waals surface area contributed by atoms with Crippen molar-refractivity contribution in [1.29, 1.82) is 0 Å². The third-order valence-electron chi connectivity index (χ3n) is 1.98. The summed E-state index contributed by atoms with van der Waals surface area (Å²) in [6, 6.07) is 0. The molecule has 1 fully saturated rings. The monoisotopic (exact) mass is 182 g/mol. The summed E-state index contributed by atoms with van der Waals surface area (Å²) in [5, 5.41) is 0.485. The molecule has 0 bridgehead atoms. The van der Waals surface area contributed by atoms with Crippen LogP contribution in [0.3, 0.4) is 0 Å². The van der Waals surface area contributed by atoms with Crippen molar-refractivity contribution < 1.29 is 4.79 Å². The number of carbonyl (C=O) groups is 1. The van der Waals surface area contributed by atoms with Crippen LogP contribution >= 0.6 is 11.8 Å². The SMILES string of the molecule is O=Cc1cnc(C2CCCS2)[nH]1. The predicted octanol–water partition coefficient (Wildman–Crippen LogP) is 1.79. The molecule has 2 rings (SSSR count). The van der Waals surface area contributed by atoms with Crippen LogP contribution in [0.1, 0.15) is 34.4 Å². The number of aldehydes is 1. The highest BCUT2D eigenvalue weighted by molar-refractivity contribution is 7.99. The first-order valence-corrected chi connectivity index (χ1v) is 5.06. The summed E-state index contributed by atoms with van der Waals surface area (Å²) in [4.78, 5) is 17.5. The minimum absolute atomic E-state index is 0.485. The van der Waals surface area contributed by atoms with Gasteiger partial charge in [0, 0.05) is 0 Å². The van der Waals surface area contributed by atoms with Crippen LogP contribution in [0.5, 0.6) is 0 Å². The molecule has 0 aliphatic carbocycles. The smallest absolute Gasteiger partial charge is 0.167 e. The highest BCUT2D eigenvalue weighted by Gasteiger charge is 2.19. The van der Waals surface area contributed by atoms with Gasteiger partial charge in [-0.2, -0.15) is 11.8 Å². The highest BCUT2D eigenvalue weighted by atomic mass is 32.2. The Balaban J connectivity index is 2.16. The van der Waals surface area contributed by atoms with Gasteiger partial charge in [-0.3, -0.25) is 4.79 Å². The lowest BCUT2D eigenvalue weighted by Crippen LogP contribution is -1.91. The predicted molar refractivity (Wildman–Crippen MR) is 48.4 cm³/mol. The Morgan fingerprint density at radius 2 is 2.67 bits per heavy atom. The second kappa shape index (κ2) is 3.31. The van der Waals surface area contributed by atoms with Crippen LogP contribution < -0.4 is 0 Å². The lowest BCUT2D eigenvalue weighted by atomic mass is 10.2. The number of rotatable bonds is 2. The normalized spacial score (nSPS) is 22.8. The van der Waals surface area contributed by atoms with Crippen LogP contribution in [-0.2, 0) is 0 Å². The number of imidazole rings is 1. The van der Waals surface area contributed by atoms with E-state index in [1.807, 2.05) is 11.8 Å². The van der Waals surface area contributed by atoms with E-state index in [0.717, 1.165) is 12.1 Å². The van der Waals surface area contributed by atoms with Crippen molar-refractivity contribution in [3.63, 3.8) is 0 Å². The lowest BCUT2D eigenvalue weighted by molar-refractivity contribution is 0.111. The zero-order valence-corrected chi connectivity index (χ0v) is 7.43. The maximum Gasteiger partial charge on any atom is 0.167 e. The first-order chi connectivity index (χ1) is 5.90. The van der Waals surface area contributed by atoms with E-state index >= 15 is 0 Å². The molecule has 3 nitrogen and oxygen atoms in total. The third-order valence-corrected chi connectivity index (χ3v) is 3.36. The maximum atomic E-state index is 10.4. The molecule has 1 aliphatic heterocycles. The number of carbonyl (C=O) groups excluding carboxylic acids is 1. The van der Waals surface area contributed by atoms with Crippen molar-refractivity contribution in [1.82, 2.24) is 9.97 Å². The van der Waals surface area contributed by atoms with E-state index in [0.29, 0.717) is 10.9 Å². The van der Waals surface area contributed by atoms with Crippen molar-refractivity contribution in [2.24, 2.45) is 0 Å². The number of thioether (sulfide) groups is 1. The van der Waals surface area contributed by atoms with E-state index in [1.54, 1.807) is 6.20 Å². The van der Waals surface area contributed by atoms with Gasteiger partial charge in [-0.1, -0.05) is 0 Å². The van der Waals surface area contributed by atoms with E-state index in [4.69, 9.17) is 0 Å². The van der Waals surface area contributed by atoms with Crippen molar-refractivity contribution in [3.05, 3.63) is 17.7 Å². The molecule has 1 aromatic heterocycles. The number of aromatic nitrogens is 2. The molecule has 2 heterocycles. The summed E-state index contributed by atoms with van der Waals surface area (Å²) in [6.45, 7) is 0. The van der Waals surface area contributed by atoms with Crippen molar-refractivity contribution in [3.8, 4) is 0 Å². The quantitative estimate of drug-likeness (QED) is 0.709. The summed E-state index contributed by atoms with van der Waals surface area (Å²) in [5.41, 5.74) is 0.581. The fraction of sp³-hybridized carbons (Fsp3) is 0.500. The molecule has 0 radical (unpaired) electrons. The highest BCUT2D eigenvalue weighted by Crippen LogP contribution is 2.37. The number of aromatic amines is 1. The molecule has 12 heavy (non-hydrogen) atoms. The minimum atomic E-state index is 0.485. The minimum Gasteiger partial charge on any atom is -0.339 e. The fourth-order valence-electron chi connectivity index (χ4n) is 1.37. The van der Waals surface area contributed by atoms with Crippen LogP contribution in [0.2, 0.25) is 0 Å². The Hall–Kier alpha value is -0.770. The van der Waals surface area contributed by atoms with Crippen molar-refractivity contribution >= 4 is 18.0 Å². The molecular formula is C8H10N2OS. The summed E-state index contributed by atoms with van der Waals surface area (Å²) < 4.78 is 0. The number of hydrogen-bond donors (Lipinski definition) is 1. The number of H-pyrrole nitrogens is 1. The van der Waals surface area contributed by atoms with Gasteiger partial charge in [0.25, 0.3) is 0 Å². The fourth-order valence-corrected chi connectivity index (χ4v) is 2.60. The molecule has 0 amide bonds. The number of hydrogen-bond acceptors (Lipinski definition) is 3. The van der Waals surface area contributed by atoms with Gasteiger partial charge in [0.2, 0.25) is 0 Å². The van der Waals surface area contributed by atoms with Gasteiger partial charge in [0.15, 0.2) is 6.29 Å². The molecule has 1 saturated heterocycles. The van der Waals surface area contributed by atoms with Gasteiger partial charge in [0.1, 0.15) is 5.82 Å². The molecular weight excluding hydrogens is 172 g/mol. The second-order valence-corrected chi connectivity index (χ2v) is 4.15. The van der Waals surface area contributed by atoms with Crippen LogP contribution in [0, 0.1) is 0 Å². The van der Waals surface area contributed by atoms with Crippen molar-refractivity contribution in [2.75, 3.05) is 5.75 Å². The largest absolute Gasteiger partial charge is 0.339 e. The van der Waals surface area contributed by atoms with Crippen LogP contribution in [0.25, 0.3) is 0 Å². The third kappa shape index (κ3) is 1.39. The van der Waals surface area contributed by atoms with E-state index < -0.39 is 0 Å². The first kappa shape index (κ1) is 7.86. The molecule has 1 aromatic rings. The van der Waals surface area contributed by atoms with E-state index in [1.165, 1.54) is 18.6 Å². The van der Waals surface area contributed by atoms with E-state index in [-0.39, 0.29) is 0 Å². The molecule has 1 N–H and O–H groups in total. The molecule has 0 saturated carbocycles. The zero-order chi connectivity index (χ0) is 8.39. The van der Waals surface area contributed by atoms with Gasteiger partial charge in [-0.15, -0.1) is 0 Å². The van der Waals surface area contributed by atoms with Gasteiger partial charge >= 0.3 is 0 Å². The molecule has 1 unspecified atom stereocenters. The van der Waals surface area contributed by atoms with Crippen LogP contribution in [0.15, 0.2) is 6.20 Å². The van der Waals surface area contributed by atoms with Crippen LogP contribution in [-0.4, -0.2) is 22.0 Å². The Bertz CT molecular complexity index is 278. The van der Waals surface area contributed by atoms with Gasteiger partial charge in [-0.05, 0) is 18.6 Å². The molecule has 1 aliphatic rings. The molecule has 0 aromatic carbocycles. The zero-order valence-electron chi connectivity index (χ0n) is 6.62. The van der Waals surface area contributed by atoms with E-state index in [9.17, 15) is 4.79 Å². The summed E-state index contributed by atoms with van der Waals surface area (Å²) in [5.74, 6) is 2.17. The summed E-state index contributed by atoms with van der Waals surface area (Å²) >= 11 is 1.91. The second-order valence-electron chi connectivity index (χ2n) is 2.84. The topological polar surface area (TPSA) is 45.8 Å². The van der Waals surface area contributed by atoms with Crippen LogP contribution in [0.4, 0.5) is 0 Å². The summed E-state index contributed by atoms with van der Waals surface area (Å²) in [6.07, 6.45) is 4.83. The molecule has 1 atom stereocenters. The van der Waals surface area contributed by atoms with Gasteiger partial charge in [0.05, 0.1) is 17.1 Å². The first-order valence-electron chi connectivity index (χ1n) is 4.02. The number of nitrogens with zero attached hydrogens (tertiary/aromatic N) is 1. The maximum absolute atomic E-state index is 10.4. The molecule has 0 spiro atoms. The molecule has 64 valence electrons. The number of nitrogens with one attached hydrogen (secondary N) is 1. The van der Waals surface area contributed by atoms with E-state index in [2.05, 4.69) is 9.97 Å². The van der Waals surface area contributed by atoms with Gasteiger partial charge < -0.3 is 4.98 Å². The van der Waals surface area contributed by atoms with Gasteiger partial charge in [-0.25, -0.2) is 4.98 Å². The average molecular weight is 182 g/mol. The Morgan fingerprint density at radius 1 is 1.75 bits per heavy atom. The van der Waals surface area contributed by atoms with Crippen molar-refractivity contribution in [2.45, 2.75) is 18.1 Å².